The van der Waals surface area contributed by atoms with Crippen LogP contribution in [0, 0.1) is 24.2 Å². The Hall–Kier alpha value is -1.89. The summed E-state index contributed by atoms with van der Waals surface area (Å²) < 4.78 is 6.44. The summed E-state index contributed by atoms with van der Waals surface area (Å²) in [5, 5.41) is 5.95. The normalized spacial score (nSPS) is 32.0. The van der Waals surface area contributed by atoms with E-state index in [4.69, 9.17) is 4.74 Å². The van der Waals surface area contributed by atoms with Gasteiger partial charge in [0.1, 0.15) is 0 Å². The molecule has 1 aromatic rings. The highest BCUT2D eigenvalue weighted by atomic mass is 79.9. The first-order valence-electron chi connectivity index (χ1n) is 10.2. The van der Waals surface area contributed by atoms with Gasteiger partial charge in [-0.1, -0.05) is 15.9 Å². The van der Waals surface area contributed by atoms with Gasteiger partial charge in [-0.05, 0) is 81.0 Å². The van der Waals surface area contributed by atoms with Crippen molar-refractivity contribution in [2.24, 2.45) is 17.3 Å². The second-order valence-electron chi connectivity index (χ2n) is 9.29. The van der Waals surface area contributed by atoms with Crippen LogP contribution in [0.15, 0.2) is 22.7 Å². The summed E-state index contributed by atoms with van der Waals surface area (Å²) in [7, 11) is 0. The number of nitrogens with one attached hydrogen (secondary N) is 2. The minimum Gasteiger partial charge on any atom is -0.455 e. The molecule has 4 bridgehead atoms. The van der Waals surface area contributed by atoms with Crippen LogP contribution in [0.4, 0.5) is 5.69 Å². The second kappa shape index (κ2) is 7.42. The molecule has 0 aromatic heterocycles. The molecule has 4 saturated carbocycles. The summed E-state index contributed by atoms with van der Waals surface area (Å²) in [5.41, 5.74) is 0.776. The first kappa shape index (κ1) is 20.4. The molecule has 2 amide bonds. The van der Waals surface area contributed by atoms with Crippen molar-refractivity contribution >= 4 is 39.4 Å². The number of ether oxygens (including phenoxy) is 1. The zero-order valence-corrected chi connectivity index (χ0v) is 18.4. The van der Waals surface area contributed by atoms with Crippen LogP contribution in [0.25, 0.3) is 0 Å². The average Bonchev–Trinajstić information content (AvgIpc) is 2.59. The van der Waals surface area contributed by atoms with Crippen molar-refractivity contribution in [3.05, 3.63) is 28.2 Å². The smallest absolute Gasteiger partial charge is 0.312 e. The summed E-state index contributed by atoms with van der Waals surface area (Å²) in [4.78, 5) is 37.2. The number of carbonyl (C=O) groups is 3. The number of aryl methyl sites for hydroxylation is 1. The Labute approximate surface area is 179 Å². The Bertz CT molecular complexity index is 854. The molecular formula is C22H27BrN2O4. The Morgan fingerprint density at radius 3 is 2.48 bits per heavy atom. The van der Waals surface area contributed by atoms with Crippen molar-refractivity contribution in [2.75, 3.05) is 11.9 Å². The van der Waals surface area contributed by atoms with E-state index in [2.05, 4.69) is 26.6 Å². The van der Waals surface area contributed by atoms with Gasteiger partial charge >= 0.3 is 5.97 Å². The molecule has 4 fully saturated rings. The van der Waals surface area contributed by atoms with Gasteiger partial charge in [0.2, 0.25) is 5.91 Å². The fraction of sp³-hybridized carbons (Fsp3) is 0.591. The molecule has 4 aliphatic carbocycles. The number of rotatable bonds is 5. The minimum atomic E-state index is -0.569. The third kappa shape index (κ3) is 4.06. The van der Waals surface area contributed by atoms with Gasteiger partial charge < -0.3 is 15.4 Å². The van der Waals surface area contributed by atoms with Crippen LogP contribution in [0.3, 0.4) is 0 Å². The molecule has 0 saturated heterocycles. The molecule has 5 rings (SSSR count). The minimum absolute atomic E-state index is 0.0419. The van der Waals surface area contributed by atoms with E-state index in [0.29, 0.717) is 23.9 Å². The van der Waals surface area contributed by atoms with Crippen LogP contribution in [-0.4, -0.2) is 29.9 Å². The fourth-order valence-corrected chi connectivity index (χ4v) is 6.73. The van der Waals surface area contributed by atoms with Crippen molar-refractivity contribution in [2.45, 2.75) is 57.9 Å². The number of benzene rings is 1. The number of hydrogen-bond donors (Lipinski definition) is 2. The molecule has 0 radical (unpaired) electrons. The number of amides is 2. The lowest BCUT2D eigenvalue weighted by atomic mass is 9.47. The van der Waals surface area contributed by atoms with E-state index in [1.807, 2.05) is 25.1 Å². The van der Waals surface area contributed by atoms with Crippen LogP contribution in [0.5, 0.6) is 0 Å². The third-order valence-electron chi connectivity index (χ3n) is 6.73. The van der Waals surface area contributed by atoms with E-state index in [1.54, 1.807) is 0 Å². The van der Waals surface area contributed by atoms with Gasteiger partial charge in [0.25, 0.3) is 5.91 Å². The summed E-state index contributed by atoms with van der Waals surface area (Å²) in [5.74, 6) is 0.207. The zero-order chi connectivity index (χ0) is 20.8. The van der Waals surface area contributed by atoms with E-state index in [-0.39, 0.29) is 29.9 Å². The Balaban J connectivity index is 1.40. The lowest BCUT2D eigenvalue weighted by molar-refractivity contribution is -0.176. The molecule has 2 atom stereocenters. The van der Waals surface area contributed by atoms with Crippen LogP contribution in [0.2, 0.25) is 0 Å². The number of carbonyl (C=O) groups excluding carboxylic acids is 3. The van der Waals surface area contributed by atoms with Crippen LogP contribution in [-0.2, 0) is 19.1 Å². The van der Waals surface area contributed by atoms with Gasteiger partial charge in [-0.25, -0.2) is 0 Å². The van der Waals surface area contributed by atoms with Crippen LogP contribution < -0.4 is 10.6 Å². The summed E-state index contributed by atoms with van der Waals surface area (Å²) in [6, 6.07) is 5.58. The molecule has 0 spiro atoms. The number of anilines is 1. The molecule has 6 nitrogen and oxygen atoms in total. The average molecular weight is 463 g/mol. The van der Waals surface area contributed by atoms with Crippen molar-refractivity contribution in [3.63, 3.8) is 0 Å². The van der Waals surface area contributed by atoms with Crippen molar-refractivity contribution < 1.29 is 19.1 Å². The molecule has 0 aliphatic heterocycles. The first-order valence-corrected chi connectivity index (χ1v) is 11.0. The predicted octanol–water partition coefficient (Wildman–Crippen LogP) is 3.71. The molecule has 156 valence electrons. The largest absolute Gasteiger partial charge is 0.455 e. The van der Waals surface area contributed by atoms with Gasteiger partial charge in [-0.2, -0.15) is 0 Å². The second-order valence-corrected chi connectivity index (χ2v) is 10.2. The molecule has 0 heterocycles. The zero-order valence-electron chi connectivity index (χ0n) is 16.8. The van der Waals surface area contributed by atoms with E-state index in [0.717, 1.165) is 42.1 Å². The van der Waals surface area contributed by atoms with Crippen molar-refractivity contribution in [1.29, 1.82) is 0 Å². The highest BCUT2D eigenvalue weighted by molar-refractivity contribution is 9.10. The van der Waals surface area contributed by atoms with Gasteiger partial charge in [0, 0.05) is 22.6 Å². The van der Waals surface area contributed by atoms with Gasteiger partial charge in [-0.3, -0.25) is 14.4 Å². The Kier molecular flexibility index (Phi) is 5.21. The molecule has 7 heteroatoms. The van der Waals surface area contributed by atoms with Gasteiger partial charge in [0.05, 0.1) is 5.41 Å². The monoisotopic (exact) mass is 462 g/mol. The number of halogens is 1. The SMILES string of the molecule is CC(=O)NC12C[C@@H]3C[C@@H](C1)CC(C(=O)OCC(=O)Nc1ccc(Br)cc1C)(C3)C2. The van der Waals surface area contributed by atoms with E-state index >= 15 is 0 Å². The van der Waals surface area contributed by atoms with Crippen LogP contribution in [0.1, 0.15) is 51.0 Å². The van der Waals surface area contributed by atoms with Crippen molar-refractivity contribution in [3.8, 4) is 0 Å². The van der Waals surface area contributed by atoms with Gasteiger partial charge in [0.15, 0.2) is 6.61 Å². The third-order valence-corrected chi connectivity index (χ3v) is 7.23. The lowest BCUT2D eigenvalue weighted by Gasteiger charge is -2.60. The molecule has 2 N–H and O–H groups in total. The Morgan fingerprint density at radius 2 is 1.86 bits per heavy atom. The van der Waals surface area contributed by atoms with Crippen LogP contribution >= 0.6 is 15.9 Å². The molecule has 0 unspecified atom stereocenters. The highest BCUT2D eigenvalue weighted by Crippen LogP contribution is 2.62. The molecule has 4 aliphatic rings. The van der Waals surface area contributed by atoms with Gasteiger partial charge in [-0.15, -0.1) is 0 Å². The Morgan fingerprint density at radius 1 is 1.17 bits per heavy atom. The fourth-order valence-electron chi connectivity index (χ4n) is 6.26. The quantitative estimate of drug-likeness (QED) is 0.653. The molecule has 1 aromatic carbocycles. The lowest BCUT2D eigenvalue weighted by Crippen LogP contribution is -2.64. The summed E-state index contributed by atoms with van der Waals surface area (Å²) in [6.45, 7) is 3.15. The highest BCUT2D eigenvalue weighted by Gasteiger charge is 2.61. The van der Waals surface area contributed by atoms with Crippen molar-refractivity contribution in [1.82, 2.24) is 5.32 Å². The maximum absolute atomic E-state index is 13.1. The first-order chi connectivity index (χ1) is 13.7. The number of hydrogen-bond acceptors (Lipinski definition) is 4. The number of esters is 1. The van der Waals surface area contributed by atoms with E-state index in [1.165, 1.54) is 6.92 Å². The summed E-state index contributed by atoms with van der Waals surface area (Å²) >= 11 is 3.40. The standard InChI is InChI=1S/C22H27BrN2O4/c1-13-5-17(23)3-4-18(13)24-19(27)11-29-20(28)21-7-15-6-16(8-21)10-22(9-15,12-21)25-14(2)26/h3-5,15-16H,6-12H2,1-2H3,(H,24,27)(H,25,26)/t15-,16-,21?,22?/m1/s1. The molecular weight excluding hydrogens is 436 g/mol. The molecule has 29 heavy (non-hydrogen) atoms. The predicted molar refractivity (Wildman–Crippen MR) is 112 cm³/mol. The summed E-state index contributed by atoms with van der Waals surface area (Å²) in [6.07, 6.45) is 5.25. The topological polar surface area (TPSA) is 84.5 Å². The maximum Gasteiger partial charge on any atom is 0.312 e. The van der Waals surface area contributed by atoms with E-state index < -0.39 is 5.41 Å². The van der Waals surface area contributed by atoms with E-state index in [9.17, 15) is 14.4 Å². The maximum atomic E-state index is 13.1.